The lowest BCUT2D eigenvalue weighted by Crippen LogP contribution is -2.12. The van der Waals surface area contributed by atoms with E-state index in [-0.39, 0.29) is 5.78 Å². The van der Waals surface area contributed by atoms with Crippen molar-refractivity contribution < 1.29 is 9.21 Å². The van der Waals surface area contributed by atoms with Crippen molar-refractivity contribution in [2.45, 2.75) is 44.3 Å². The summed E-state index contributed by atoms with van der Waals surface area (Å²) in [6, 6.07) is 0. The Labute approximate surface area is 100 Å². The monoisotopic (exact) mass is 239 g/mol. The molecule has 1 aliphatic heterocycles. The van der Waals surface area contributed by atoms with E-state index in [9.17, 15) is 4.79 Å². The van der Waals surface area contributed by atoms with E-state index < -0.39 is 0 Å². The molecule has 0 spiro atoms. The van der Waals surface area contributed by atoms with Gasteiger partial charge in [0.25, 0.3) is 0 Å². The molecule has 1 fully saturated rings. The molecule has 0 amide bonds. The number of hydrogen-bond donors (Lipinski definition) is 0. The summed E-state index contributed by atoms with van der Waals surface area (Å²) in [5.41, 5.74) is 0. The fraction of sp³-hybridized carbons (Fsp3) is 0.667. The second-order valence-corrected chi connectivity index (χ2v) is 5.70. The number of Topliss-reactive ketones (excluding diaryl/α,β-unsaturated/α-hetero) is 1. The van der Waals surface area contributed by atoms with Crippen molar-refractivity contribution in [3.63, 3.8) is 0 Å². The van der Waals surface area contributed by atoms with Crippen LogP contribution in [0.15, 0.2) is 10.6 Å². The molecule has 1 aromatic heterocycles. The Hall–Kier alpha value is -0.770. The molecule has 16 heavy (non-hydrogen) atoms. The maximum Gasteiger partial charge on any atom is 0.195 e. The maximum absolute atomic E-state index is 10.9. The van der Waals surface area contributed by atoms with Crippen molar-refractivity contribution in [1.82, 2.24) is 4.98 Å². The van der Waals surface area contributed by atoms with Crippen LogP contribution in [0.4, 0.5) is 0 Å². The standard InChI is InChI=1S/C12H17NO2S/c1-9(14)6-10-8-13-12(15-10)7-11-4-2-3-5-16-11/h8,11H,2-7H2,1H3. The highest BCUT2D eigenvalue weighted by Crippen LogP contribution is 2.27. The van der Waals surface area contributed by atoms with Crippen molar-refractivity contribution in [3.8, 4) is 0 Å². The van der Waals surface area contributed by atoms with Gasteiger partial charge in [-0.1, -0.05) is 6.42 Å². The number of aromatic nitrogens is 1. The van der Waals surface area contributed by atoms with E-state index in [0.717, 1.165) is 12.3 Å². The average molecular weight is 239 g/mol. The highest BCUT2D eigenvalue weighted by molar-refractivity contribution is 7.99. The van der Waals surface area contributed by atoms with Gasteiger partial charge in [0.2, 0.25) is 0 Å². The number of carbonyl (C=O) groups is 1. The van der Waals surface area contributed by atoms with Crippen molar-refractivity contribution >= 4 is 17.5 Å². The summed E-state index contributed by atoms with van der Waals surface area (Å²) < 4.78 is 5.55. The fourth-order valence-electron chi connectivity index (χ4n) is 1.93. The molecule has 1 aliphatic rings. The van der Waals surface area contributed by atoms with Crippen molar-refractivity contribution in [1.29, 1.82) is 0 Å². The summed E-state index contributed by atoms with van der Waals surface area (Å²) in [6.45, 7) is 1.57. The van der Waals surface area contributed by atoms with Gasteiger partial charge in [0.15, 0.2) is 5.89 Å². The van der Waals surface area contributed by atoms with Crippen LogP contribution in [0.25, 0.3) is 0 Å². The molecule has 0 bridgehead atoms. The molecule has 0 aliphatic carbocycles. The number of oxazole rings is 1. The van der Waals surface area contributed by atoms with Gasteiger partial charge in [-0.2, -0.15) is 11.8 Å². The first-order valence-electron chi connectivity index (χ1n) is 5.78. The van der Waals surface area contributed by atoms with Gasteiger partial charge in [-0.25, -0.2) is 4.98 Å². The topological polar surface area (TPSA) is 43.1 Å². The second-order valence-electron chi connectivity index (χ2n) is 4.29. The van der Waals surface area contributed by atoms with Crippen LogP contribution in [0.1, 0.15) is 37.8 Å². The zero-order valence-electron chi connectivity index (χ0n) is 9.57. The largest absolute Gasteiger partial charge is 0.445 e. The lowest BCUT2D eigenvalue weighted by atomic mass is 10.1. The van der Waals surface area contributed by atoms with E-state index in [2.05, 4.69) is 4.98 Å². The SMILES string of the molecule is CC(=O)Cc1cnc(CC2CCCCS2)o1. The molecule has 0 aromatic carbocycles. The predicted molar refractivity (Wildman–Crippen MR) is 64.7 cm³/mol. The zero-order valence-corrected chi connectivity index (χ0v) is 10.4. The number of ketones is 1. The van der Waals surface area contributed by atoms with E-state index in [1.165, 1.54) is 25.0 Å². The maximum atomic E-state index is 10.9. The molecule has 88 valence electrons. The third-order valence-electron chi connectivity index (χ3n) is 2.70. The average Bonchev–Trinajstić information content (AvgIpc) is 2.66. The van der Waals surface area contributed by atoms with Gasteiger partial charge in [0.05, 0.1) is 12.6 Å². The molecule has 0 saturated carbocycles. The summed E-state index contributed by atoms with van der Waals surface area (Å²) in [7, 11) is 0. The van der Waals surface area contributed by atoms with E-state index in [1.54, 1.807) is 13.1 Å². The first-order chi connectivity index (χ1) is 7.74. The summed E-state index contributed by atoms with van der Waals surface area (Å²) in [5.74, 6) is 2.86. The van der Waals surface area contributed by atoms with Crippen LogP contribution in [0.3, 0.4) is 0 Å². The normalized spacial score (nSPS) is 20.9. The zero-order chi connectivity index (χ0) is 11.4. The third-order valence-corrected chi connectivity index (χ3v) is 4.10. The molecule has 4 heteroatoms. The lowest BCUT2D eigenvalue weighted by molar-refractivity contribution is -0.116. The fourth-order valence-corrected chi connectivity index (χ4v) is 3.23. The Morgan fingerprint density at radius 2 is 2.50 bits per heavy atom. The smallest absolute Gasteiger partial charge is 0.195 e. The first kappa shape index (κ1) is 11.7. The van der Waals surface area contributed by atoms with Crippen LogP contribution in [0, 0.1) is 0 Å². The number of thioether (sulfide) groups is 1. The highest BCUT2D eigenvalue weighted by Gasteiger charge is 2.17. The lowest BCUT2D eigenvalue weighted by Gasteiger charge is -2.19. The van der Waals surface area contributed by atoms with Gasteiger partial charge >= 0.3 is 0 Å². The Balaban J connectivity index is 1.88. The molecule has 1 atom stereocenters. The van der Waals surface area contributed by atoms with Gasteiger partial charge in [-0.3, -0.25) is 4.79 Å². The van der Waals surface area contributed by atoms with Crippen LogP contribution < -0.4 is 0 Å². The Bertz CT molecular complexity index is 356. The Morgan fingerprint density at radius 1 is 1.62 bits per heavy atom. The van der Waals surface area contributed by atoms with E-state index in [4.69, 9.17) is 4.42 Å². The van der Waals surface area contributed by atoms with Gasteiger partial charge in [-0.05, 0) is 25.5 Å². The number of nitrogens with zero attached hydrogens (tertiary/aromatic N) is 1. The molecule has 1 unspecified atom stereocenters. The summed E-state index contributed by atoms with van der Waals surface area (Å²) in [4.78, 5) is 15.2. The number of carbonyl (C=O) groups excluding carboxylic acids is 1. The van der Waals surface area contributed by atoms with Crippen LogP contribution in [-0.2, 0) is 17.6 Å². The summed E-state index contributed by atoms with van der Waals surface area (Å²) >= 11 is 2.01. The molecule has 3 nitrogen and oxygen atoms in total. The van der Waals surface area contributed by atoms with Crippen LogP contribution >= 0.6 is 11.8 Å². The number of rotatable bonds is 4. The minimum Gasteiger partial charge on any atom is -0.445 e. The summed E-state index contributed by atoms with van der Waals surface area (Å²) in [6.07, 6.45) is 6.87. The third kappa shape index (κ3) is 3.37. The van der Waals surface area contributed by atoms with Crippen molar-refractivity contribution in [3.05, 3.63) is 17.8 Å². The minimum atomic E-state index is 0.120. The summed E-state index contributed by atoms with van der Waals surface area (Å²) in [5, 5.41) is 0.651. The molecule has 1 saturated heterocycles. The minimum absolute atomic E-state index is 0.120. The molecule has 2 rings (SSSR count). The predicted octanol–water partition coefficient (Wildman–Crippen LogP) is 2.63. The molecular weight excluding hydrogens is 222 g/mol. The van der Waals surface area contributed by atoms with Gasteiger partial charge < -0.3 is 4.42 Å². The molecule has 2 heterocycles. The first-order valence-corrected chi connectivity index (χ1v) is 6.83. The Morgan fingerprint density at radius 3 is 3.19 bits per heavy atom. The molecule has 0 N–H and O–H groups in total. The van der Waals surface area contributed by atoms with E-state index in [0.29, 0.717) is 17.4 Å². The van der Waals surface area contributed by atoms with Crippen molar-refractivity contribution in [2.75, 3.05) is 5.75 Å². The quantitative estimate of drug-likeness (QED) is 0.810. The number of hydrogen-bond acceptors (Lipinski definition) is 4. The molecular formula is C12H17NO2S. The highest BCUT2D eigenvalue weighted by atomic mass is 32.2. The van der Waals surface area contributed by atoms with E-state index >= 15 is 0 Å². The Kier molecular flexibility index (Phi) is 4.04. The molecule has 0 radical (unpaired) electrons. The second kappa shape index (κ2) is 5.53. The van der Waals surface area contributed by atoms with Crippen LogP contribution in [-0.4, -0.2) is 21.8 Å². The van der Waals surface area contributed by atoms with Gasteiger partial charge in [-0.15, -0.1) is 0 Å². The van der Waals surface area contributed by atoms with Crippen LogP contribution in [0.5, 0.6) is 0 Å². The van der Waals surface area contributed by atoms with Crippen molar-refractivity contribution in [2.24, 2.45) is 0 Å². The van der Waals surface area contributed by atoms with Gasteiger partial charge in [0.1, 0.15) is 11.5 Å². The van der Waals surface area contributed by atoms with Crippen LogP contribution in [0.2, 0.25) is 0 Å². The van der Waals surface area contributed by atoms with E-state index in [1.807, 2.05) is 11.8 Å². The van der Waals surface area contributed by atoms with Gasteiger partial charge in [0, 0.05) is 11.7 Å². The molecule has 1 aromatic rings.